The molecule has 3 nitrogen and oxygen atoms in total. The Bertz CT molecular complexity index is 316. The number of hydroxylamine groups is 1. The summed E-state index contributed by atoms with van der Waals surface area (Å²) >= 11 is 5.36. The molecule has 0 atom stereocenters. The van der Waals surface area contributed by atoms with E-state index in [2.05, 4.69) is 0 Å². The molecule has 0 unspecified atom stereocenters. The molecular weight excluding hydrogens is 185 g/mol. The molecule has 0 heterocycles. The Kier molecular flexibility index (Phi) is 2.62. The van der Waals surface area contributed by atoms with E-state index in [0.717, 1.165) is 6.07 Å². The molecule has 64 valence electrons. The molecule has 0 bridgehead atoms. The SMILES string of the molecule is O=C(NO)c1ccc(Cl)c(F)c1. The van der Waals surface area contributed by atoms with Gasteiger partial charge in [0.2, 0.25) is 0 Å². The zero-order chi connectivity index (χ0) is 9.14. The molecule has 0 saturated heterocycles. The third kappa shape index (κ3) is 1.72. The third-order valence-corrected chi connectivity index (χ3v) is 1.59. The van der Waals surface area contributed by atoms with Crippen molar-refractivity contribution in [3.8, 4) is 0 Å². The van der Waals surface area contributed by atoms with Gasteiger partial charge in [0.05, 0.1) is 5.02 Å². The van der Waals surface area contributed by atoms with Crippen molar-refractivity contribution in [1.82, 2.24) is 5.48 Å². The molecule has 1 aromatic rings. The largest absolute Gasteiger partial charge is 0.288 e. The van der Waals surface area contributed by atoms with Crippen molar-refractivity contribution in [2.75, 3.05) is 0 Å². The van der Waals surface area contributed by atoms with Crippen LogP contribution < -0.4 is 5.48 Å². The first-order valence-corrected chi connectivity index (χ1v) is 3.42. The van der Waals surface area contributed by atoms with E-state index in [-0.39, 0.29) is 10.6 Å². The number of benzene rings is 1. The van der Waals surface area contributed by atoms with Crippen LogP contribution in [-0.4, -0.2) is 11.1 Å². The standard InChI is InChI=1S/C7H5ClFNO2/c8-5-2-1-4(3-6(5)9)7(11)10-12/h1-3,12H,(H,10,11). The van der Waals surface area contributed by atoms with Crippen LogP contribution in [0.2, 0.25) is 5.02 Å². The van der Waals surface area contributed by atoms with E-state index in [1.165, 1.54) is 17.6 Å². The molecule has 0 spiro atoms. The van der Waals surface area contributed by atoms with Gasteiger partial charge in [-0.25, -0.2) is 9.87 Å². The molecule has 5 heteroatoms. The van der Waals surface area contributed by atoms with Crippen molar-refractivity contribution in [2.45, 2.75) is 0 Å². The van der Waals surface area contributed by atoms with E-state index >= 15 is 0 Å². The van der Waals surface area contributed by atoms with Gasteiger partial charge in [-0.3, -0.25) is 10.0 Å². The Balaban J connectivity index is 3.05. The summed E-state index contributed by atoms with van der Waals surface area (Å²) in [6, 6.07) is 3.48. The topological polar surface area (TPSA) is 49.3 Å². The predicted octanol–water partition coefficient (Wildman–Crippen LogP) is 1.60. The van der Waals surface area contributed by atoms with Crippen LogP contribution >= 0.6 is 11.6 Å². The van der Waals surface area contributed by atoms with Gasteiger partial charge < -0.3 is 0 Å². The van der Waals surface area contributed by atoms with Gasteiger partial charge in [-0.1, -0.05) is 11.6 Å². The van der Waals surface area contributed by atoms with Crippen LogP contribution in [0.15, 0.2) is 18.2 Å². The number of nitrogens with one attached hydrogen (secondary N) is 1. The van der Waals surface area contributed by atoms with Gasteiger partial charge in [-0.15, -0.1) is 0 Å². The van der Waals surface area contributed by atoms with Gasteiger partial charge in [-0.2, -0.15) is 0 Å². The summed E-state index contributed by atoms with van der Waals surface area (Å²) < 4.78 is 12.7. The first-order chi connectivity index (χ1) is 5.65. The second-order valence-corrected chi connectivity index (χ2v) is 2.48. The molecule has 0 radical (unpaired) electrons. The predicted molar refractivity (Wildman–Crippen MR) is 40.7 cm³/mol. The number of hydrogen-bond donors (Lipinski definition) is 2. The molecule has 0 aromatic heterocycles. The fourth-order valence-corrected chi connectivity index (χ4v) is 0.819. The molecular formula is C7H5ClFNO2. The van der Waals surface area contributed by atoms with Crippen molar-refractivity contribution in [2.24, 2.45) is 0 Å². The van der Waals surface area contributed by atoms with E-state index in [1.807, 2.05) is 0 Å². The van der Waals surface area contributed by atoms with Crippen molar-refractivity contribution >= 4 is 17.5 Å². The van der Waals surface area contributed by atoms with E-state index in [4.69, 9.17) is 16.8 Å². The quantitative estimate of drug-likeness (QED) is 0.521. The highest BCUT2D eigenvalue weighted by molar-refractivity contribution is 6.30. The highest BCUT2D eigenvalue weighted by atomic mass is 35.5. The summed E-state index contributed by atoms with van der Waals surface area (Å²) in [5, 5.41) is 8.13. The van der Waals surface area contributed by atoms with Gasteiger partial charge in [0, 0.05) is 5.56 Å². The molecule has 0 aliphatic rings. The minimum Gasteiger partial charge on any atom is -0.288 e. The van der Waals surface area contributed by atoms with E-state index in [9.17, 15) is 9.18 Å². The van der Waals surface area contributed by atoms with Crippen molar-refractivity contribution in [1.29, 1.82) is 0 Å². The monoisotopic (exact) mass is 189 g/mol. The highest BCUT2D eigenvalue weighted by Crippen LogP contribution is 2.15. The molecule has 0 aliphatic carbocycles. The summed E-state index contributed by atoms with van der Waals surface area (Å²) in [4.78, 5) is 10.7. The minimum atomic E-state index is -0.773. The summed E-state index contributed by atoms with van der Waals surface area (Å²) in [6.45, 7) is 0. The van der Waals surface area contributed by atoms with Gasteiger partial charge in [0.25, 0.3) is 5.91 Å². The summed E-state index contributed by atoms with van der Waals surface area (Å²) in [5.41, 5.74) is 1.39. The molecule has 1 amide bonds. The molecule has 0 fully saturated rings. The van der Waals surface area contributed by atoms with Crippen LogP contribution in [0.4, 0.5) is 4.39 Å². The molecule has 12 heavy (non-hydrogen) atoms. The van der Waals surface area contributed by atoms with Crippen molar-refractivity contribution < 1.29 is 14.4 Å². The van der Waals surface area contributed by atoms with Gasteiger partial charge in [-0.05, 0) is 18.2 Å². The lowest BCUT2D eigenvalue weighted by Crippen LogP contribution is -2.18. The van der Waals surface area contributed by atoms with Crippen LogP contribution in [-0.2, 0) is 0 Å². The Morgan fingerprint density at radius 2 is 2.25 bits per heavy atom. The lowest BCUT2D eigenvalue weighted by Gasteiger charge is -1.98. The Hall–Kier alpha value is -1.13. The molecule has 0 saturated carbocycles. The molecule has 0 aliphatic heterocycles. The second-order valence-electron chi connectivity index (χ2n) is 2.07. The van der Waals surface area contributed by atoms with Gasteiger partial charge in [0.15, 0.2) is 0 Å². The average Bonchev–Trinajstić information content (AvgIpc) is 2.08. The first kappa shape index (κ1) is 8.96. The summed E-state index contributed by atoms with van der Waals surface area (Å²) in [5.74, 6) is -1.47. The minimum absolute atomic E-state index is 0.0133. The van der Waals surface area contributed by atoms with Crippen LogP contribution in [0.3, 0.4) is 0 Å². The normalized spacial score (nSPS) is 9.58. The van der Waals surface area contributed by atoms with Gasteiger partial charge in [0.1, 0.15) is 5.82 Å². The average molecular weight is 190 g/mol. The first-order valence-electron chi connectivity index (χ1n) is 3.04. The Morgan fingerprint density at radius 3 is 2.75 bits per heavy atom. The van der Waals surface area contributed by atoms with Gasteiger partial charge >= 0.3 is 0 Å². The third-order valence-electron chi connectivity index (χ3n) is 1.28. The number of hydrogen-bond acceptors (Lipinski definition) is 2. The molecule has 2 N–H and O–H groups in total. The van der Waals surface area contributed by atoms with Crippen molar-refractivity contribution in [3.05, 3.63) is 34.6 Å². The number of amides is 1. The van der Waals surface area contributed by atoms with E-state index in [0.29, 0.717) is 0 Å². The van der Waals surface area contributed by atoms with Crippen LogP contribution in [0, 0.1) is 5.82 Å². The summed E-state index contributed by atoms with van der Waals surface area (Å²) in [6.07, 6.45) is 0. The van der Waals surface area contributed by atoms with Crippen LogP contribution in [0.25, 0.3) is 0 Å². The number of carbonyl (C=O) groups is 1. The van der Waals surface area contributed by atoms with E-state index < -0.39 is 11.7 Å². The maximum Gasteiger partial charge on any atom is 0.274 e. The van der Waals surface area contributed by atoms with Crippen LogP contribution in [0.1, 0.15) is 10.4 Å². The highest BCUT2D eigenvalue weighted by Gasteiger charge is 2.06. The smallest absolute Gasteiger partial charge is 0.274 e. The van der Waals surface area contributed by atoms with Crippen molar-refractivity contribution in [3.63, 3.8) is 0 Å². The molecule has 1 aromatic carbocycles. The number of carbonyl (C=O) groups excluding carboxylic acids is 1. The Morgan fingerprint density at radius 1 is 1.58 bits per heavy atom. The second kappa shape index (κ2) is 3.51. The fourth-order valence-electron chi connectivity index (χ4n) is 0.702. The zero-order valence-corrected chi connectivity index (χ0v) is 6.60. The van der Waals surface area contributed by atoms with Crippen LogP contribution in [0.5, 0.6) is 0 Å². The zero-order valence-electron chi connectivity index (χ0n) is 5.84. The lowest BCUT2D eigenvalue weighted by molar-refractivity contribution is 0.0706. The number of rotatable bonds is 1. The Labute approximate surface area is 72.7 Å². The summed E-state index contributed by atoms with van der Waals surface area (Å²) in [7, 11) is 0. The molecule has 1 rings (SSSR count). The maximum absolute atomic E-state index is 12.7. The lowest BCUT2D eigenvalue weighted by atomic mass is 10.2. The van der Waals surface area contributed by atoms with E-state index in [1.54, 1.807) is 0 Å². The fraction of sp³-hybridized carbons (Fsp3) is 0. The maximum atomic E-state index is 12.7. The number of halogens is 2.